The van der Waals surface area contributed by atoms with E-state index in [1.807, 2.05) is 12.1 Å². The number of pyridine rings is 1. The van der Waals surface area contributed by atoms with Crippen molar-refractivity contribution < 1.29 is 8.42 Å². The average Bonchev–Trinajstić information content (AvgIpc) is 2.96. The maximum absolute atomic E-state index is 12.3. The van der Waals surface area contributed by atoms with Crippen LogP contribution >= 0.6 is 11.3 Å². The molecule has 0 fully saturated rings. The van der Waals surface area contributed by atoms with Gasteiger partial charge in [-0.3, -0.25) is 9.71 Å². The van der Waals surface area contributed by atoms with Gasteiger partial charge in [-0.15, -0.1) is 11.3 Å². The summed E-state index contributed by atoms with van der Waals surface area (Å²) in [5.41, 5.74) is 7.65. The Morgan fingerprint density at radius 3 is 2.86 bits per heavy atom. The molecule has 108 valence electrons. The number of aromatic nitrogens is 1. The van der Waals surface area contributed by atoms with Crippen molar-refractivity contribution in [3.05, 3.63) is 53.5 Å². The number of thiophene rings is 1. The molecule has 7 heteroatoms. The zero-order chi connectivity index (χ0) is 14.9. The van der Waals surface area contributed by atoms with E-state index in [1.165, 1.54) is 0 Å². The molecule has 0 aliphatic rings. The molecule has 3 aromatic rings. The van der Waals surface area contributed by atoms with Gasteiger partial charge in [0.05, 0.1) is 5.52 Å². The minimum Gasteiger partial charge on any atom is -0.326 e. The van der Waals surface area contributed by atoms with Crippen LogP contribution in [0.15, 0.2) is 52.2 Å². The Hall–Kier alpha value is -1.96. The highest BCUT2D eigenvalue weighted by Crippen LogP contribution is 2.24. The maximum atomic E-state index is 12.3. The van der Waals surface area contributed by atoms with E-state index in [0.717, 1.165) is 27.8 Å². The van der Waals surface area contributed by atoms with Crippen molar-refractivity contribution in [2.24, 2.45) is 5.73 Å². The first-order valence-corrected chi connectivity index (χ1v) is 8.60. The Morgan fingerprint density at radius 1 is 1.24 bits per heavy atom. The number of fused-ring (bicyclic) bond motifs is 1. The van der Waals surface area contributed by atoms with Crippen LogP contribution in [0.3, 0.4) is 0 Å². The maximum Gasteiger partial charge on any atom is 0.271 e. The molecule has 2 aromatic heterocycles. The number of sulfonamides is 1. The highest BCUT2D eigenvalue weighted by Gasteiger charge is 2.16. The van der Waals surface area contributed by atoms with Gasteiger partial charge in [-0.1, -0.05) is 6.07 Å². The number of anilines is 1. The predicted octanol–water partition coefficient (Wildman–Crippen LogP) is 2.56. The van der Waals surface area contributed by atoms with E-state index in [0.29, 0.717) is 12.2 Å². The van der Waals surface area contributed by atoms with Crippen molar-refractivity contribution in [1.82, 2.24) is 4.98 Å². The van der Waals surface area contributed by atoms with Crippen LogP contribution in [-0.4, -0.2) is 13.4 Å². The third-order valence-corrected chi connectivity index (χ3v) is 5.86. The number of nitrogens with one attached hydrogen (secondary N) is 1. The fourth-order valence-corrected chi connectivity index (χ4v) is 4.22. The first-order valence-electron chi connectivity index (χ1n) is 6.23. The summed E-state index contributed by atoms with van der Waals surface area (Å²) in [6.07, 6.45) is 1.70. The van der Waals surface area contributed by atoms with Crippen molar-refractivity contribution in [3.8, 4) is 0 Å². The molecule has 0 bridgehead atoms. The predicted molar refractivity (Wildman–Crippen MR) is 84.8 cm³/mol. The molecule has 0 aliphatic carbocycles. The minimum absolute atomic E-state index is 0.259. The Morgan fingerprint density at radius 2 is 2.10 bits per heavy atom. The lowest BCUT2D eigenvalue weighted by atomic mass is 10.2. The third kappa shape index (κ3) is 2.90. The summed E-state index contributed by atoms with van der Waals surface area (Å²) in [6, 6.07) is 10.5. The van der Waals surface area contributed by atoms with Crippen molar-refractivity contribution in [2.75, 3.05) is 4.72 Å². The molecule has 0 unspecified atom stereocenters. The minimum atomic E-state index is -3.58. The molecule has 5 nitrogen and oxygen atoms in total. The fraction of sp³-hybridized carbons (Fsp3) is 0.0714. The van der Waals surface area contributed by atoms with Gasteiger partial charge in [0.15, 0.2) is 0 Å². The largest absolute Gasteiger partial charge is 0.326 e. The van der Waals surface area contributed by atoms with Gasteiger partial charge in [0.2, 0.25) is 0 Å². The van der Waals surface area contributed by atoms with Crippen LogP contribution in [0.2, 0.25) is 0 Å². The molecule has 0 atom stereocenters. The van der Waals surface area contributed by atoms with E-state index in [2.05, 4.69) is 9.71 Å². The Balaban J connectivity index is 1.93. The molecule has 3 N–H and O–H groups in total. The molecule has 0 aliphatic heterocycles. The van der Waals surface area contributed by atoms with Crippen LogP contribution < -0.4 is 10.5 Å². The van der Waals surface area contributed by atoms with Crippen LogP contribution in [0.1, 0.15) is 5.56 Å². The van der Waals surface area contributed by atoms with Crippen molar-refractivity contribution in [1.29, 1.82) is 0 Å². The monoisotopic (exact) mass is 319 g/mol. The van der Waals surface area contributed by atoms with Crippen LogP contribution in [0.4, 0.5) is 5.69 Å². The third-order valence-electron chi connectivity index (χ3n) is 2.99. The SMILES string of the molecule is NCc1csc(S(=O)(=O)Nc2ccc3ncccc3c2)c1. The van der Waals surface area contributed by atoms with Gasteiger partial charge in [-0.05, 0) is 41.3 Å². The quantitative estimate of drug-likeness (QED) is 0.774. The number of nitrogens with zero attached hydrogens (tertiary/aromatic N) is 1. The topological polar surface area (TPSA) is 85.1 Å². The molecular weight excluding hydrogens is 306 g/mol. The summed E-state index contributed by atoms with van der Waals surface area (Å²) in [5.74, 6) is 0. The first kappa shape index (κ1) is 14.0. The second kappa shape index (κ2) is 5.44. The number of benzene rings is 1. The Labute approximate surface area is 126 Å². The molecule has 2 heterocycles. The summed E-state index contributed by atoms with van der Waals surface area (Å²) in [4.78, 5) is 4.20. The summed E-state index contributed by atoms with van der Waals surface area (Å²) < 4.78 is 27.5. The van der Waals surface area contributed by atoms with E-state index < -0.39 is 10.0 Å². The first-order chi connectivity index (χ1) is 10.1. The zero-order valence-electron chi connectivity index (χ0n) is 11.0. The molecular formula is C14H13N3O2S2. The molecule has 0 saturated carbocycles. The van der Waals surface area contributed by atoms with Gasteiger partial charge in [0, 0.05) is 23.8 Å². The number of rotatable bonds is 4. The van der Waals surface area contributed by atoms with Crippen molar-refractivity contribution in [2.45, 2.75) is 10.8 Å². The van der Waals surface area contributed by atoms with Gasteiger partial charge in [-0.2, -0.15) is 0 Å². The summed E-state index contributed by atoms with van der Waals surface area (Å²) >= 11 is 1.16. The molecule has 0 amide bonds. The highest BCUT2D eigenvalue weighted by atomic mass is 32.2. The standard InChI is InChI=1S/C14H13N3O2S2/c15-8-10-6-14(20-9-10)21(18,19)17-12-3-4-13-11(7-12)2-1-5-16-13/h1-7,9,17H,8,15H2. The smallest absolute Gasteiger partial charge is 0.271 e. The number of hydrogen-bond donors (Lipinski definition) is 2. The van der Waals surface area contributed by atoms with E-state index in [-0.39, 0.29) is 4.21 Å². The zero-order valence-corrected chi connectivity index (χ0v) is 12.6. The molecule has 0 radical (unpaired) electrons. The van der Waals surface area contributed by atoms with Crippen LogP contribution in [0, 0.1) is 0 Å². The average molecular weight is 319 g/mol. The summed E-state index contributed by atoms with van der Waals surface area (Å²) in [6.45, 7) is 0.327. The van der Waals surface area contributed by atoms with Gasteiger partial charge < -0.3 is 5.73 Å². The lowest BCUT2D eigenvalue weighted by Gasteiger charge is -2.07. The van der Waals surface area contributed by atoms with E-state index >= 15 is 0 Å². The van der Waals surface area contributed by atoms with Crippen molar-refractivity contribution in [3.63, 3.8) is 0 Å². The fourth-order valence-electron chi connectivity index (χ4n) is 1.95. The lowest BCUT2D eigenvalue weighted by Crippen LogP contribution is -2.11. The molecule has 0 saturated heterocycles. The Bertz CT molecular complexity index is 888. The number of nitrogens with two attached hydrogens (primary N) is 1. The second-order valence-electron chi connectivity index (χ2n) is 4.49. The highest BCUT2D eigenvalue weighted by molar-refractivity contribution is 7.94. The number of hydrogen-bond acceptors (Lipinski definition) is 5. The van der Waals surface area contributed by atoms with Gasteiger partial charge in [0.1, 0.15) is 4.21 Å². The normalized spacial score (nSPS) is 11.7. The summed E-state index contributed by atoms with van der Waals surface area (Å²) in [5, 5.41) is 2.63. The van der Waals surface area contributed by atoms with Crippen LogP contribution in [0.5, 0.6) is 0 Å². The molecule has 3 rings (SSSR count). The van der Waals surface area contributed by atoms with Gasteiger partial charge in [0.25, 0.3) is 10.0 Å². The van der Waals surface area contributed by atoms with Crippen LogP contribution in [0.25, 0.3) is 10.9 Å². The van der Waals surface area contributed by atoms with E-state index in [1.54, 1.807) is 35.8 Å². The molecule has 1 aromatic carbocycles. The molecule has 0 spiro atoms. The summed E-state index contributed by atoms with van der Waals surface area (Å²) in [7, 11) is -3.58. The van der Waals surface area contributed by atoms with Crippen molar-refractivity contribution >= 4 is 38.0 Å². The van der Waals surface area contributed by atoms with Gasteiger partial charge >= 0.3 is 0 Å². The Kier molecular flexibility index (Phi) is 3.62. The molecule has 21 heavy (non-hydrogen) atoms. The van der Waals surface area contributed by atoms with E-state index in [4.69, 9.17) is 5.73 Å². The second-order valence-corrected chi connectivity index (χ2v) is 7.31. The lowest BCUT2D eigenvalue weighted by molar-refractivity contribution is 0.603. The van der Waals surface area contributed by atoms with Gasteiger partial charge in [-0.25, -0.2) is 8.42 Å². The van der Waals surface area contributed by atoms with Crippen LogP contribution in [-0.2, 0) is 16.6 Å². The van der Waals surface area contributed by atoms with E-state index in [9.17, 15) is 8.42 Å².